The minimum Gasteiger partial charge on any atom is -0.338 e. The Balaban J connectivity index is 1.18. The summed E-state index contributed by atoms with van der Waals surface area (Å²) in [6, 6.07) is 23.8. The molecule has 0 aliphatic rings. The molecule has 8 heteroatoms. The summed E-state index contributed by atoms with van der Waals surface area (Å²) in [5.41, 5.74) is 7.54. The number of aromatic nitrogens is 8. The molecule has 3 aromatic carbocycles. The van der Waals surface area contributed by atoms with E-state index >= 15 is 0 Å². The van der Waals surface area contributed by atoms with E-state index in [0.29, 0.717) is 11.6 Å². The van der Waals surface area contributed by atoms with Gasteiger partial charge < -0.3 is 9.97 Å². The largest absolute Gasteiger partial charge is 0.338 e. The first-order valence-corrected chi connectivity index (χ1v) is 11.5. The van der Waals surface area contributed by atoms with Crippen LogP contribution in [0.5, 0.6) is 0 Å². The predicted molar refractivity (Wildman–Crippen MR) is 139 cm³/mol. The van der Waals surface area contributed by atoms with Crippen LogP contribution in [0.2, 0.25) is 0 Å². The van der Waals surface area contributed by atoms with E-state index < -0.39 is 0 Å². The van der Waals surface area contributed by atoms with Gasteiger partial charge in [-0.05, 0) is 48.5 Å². The van der Waals surface area contributed by atoms with Crippen LogP contribution in [0, 0.1) is 0 Å². The highest BCUT2D eigenvalue weighted by molar-refractivity contribution is 5.85. The Morgan fingerprint density at radius 1 is 0.444 bits per heavy atom. The molecule has 0 unspecified atom stereocenters. The molecule has 36 heavy (non-hydrogen) atoms. The topological polar surface area (TPSA) is 109 Å². The van der Waals surface area contributed by atoms with Crippen molar-refractivity contribution in [3.05, 3.63) is 97.6 Å². The van der Waals surface area contributed by atoms with Gasteiger partial charge in [0.1, 0.15) is 11.6 Å². The number of rotatable bonds is 4. The van der Waals surface area contributed by atoms with Crippen LogP contribution in [0.15, 0.2) is 97.6 Å². The van der Waals surface area contributed by atoms with Crippen LogP contribution in [-0.4, -0.2) is 39.9 Å². The highest BCUT2D eigenvalue weighted by Gasteiger charge is 2.11. The van der Waals surface area contributed by atoms with Crippen LogP contribution in [0.4, 0.5) is 0 Å². The number of nitrogens with zero attached hydrogens (tertiary/aromatic N) is 6. The van der Waals surface area contributed by atoms with E-state index in [1.165, 1.54) is 0 Å². The molecule has 0 radical (unpaired) electrons. The van der Waals surface area contributed by atoms with E-state index in [0.717, 1.165) is 56.0 Å². The van der Waals surface area contributed by atoms with Crippen molar-refractivity contribution in [2.45, 2.75) is 0 Å². The second-order valence-corrected chi connectivity index (χ2v) is 8.36. The molecule has 4 aromatic heterocycles. The van der Waals surface area contributed by atoms with Crippen molar-refractivity contribution in [1.29, 1.82) is 0 Å². The highest BCUT2D eigenvalue weighted by atomic mass is 14.9. The van der Waals surface area contributed by atoms with Gasteiger partial charge >= 0.3 is 0 Å². The molecule has 2 N–H and O–H groups in total. The molecule has 0 aliphatic heterocycles. The normalized spacial score (nSPS) is 11.3. The molecular weight excluding hydrogens is 448 g/mol. The molecule has 0 atom stereocenters. The third kappa shape index (κ3) is 3.57. The Morgan fingerprint density at radius 2 is 0.833 bits per heavy atom. The van der Waals surface area contributed by atoms with Crippen molar-refractivity contribution < 1.29 is 0 Å². The van der Waals surface area contributed by atoms with Gasteiger partial charge in [-0.1, -0.05) is 24.3 Å². The standard InChI is InChI=1S/C28H18N8/c1-11-29-25(30-12-1)19-7-9-21-23(15-19)35-27(33-21)17-3-5-18(6-4-17)28-34-22-10-8-20(16-24(22)36-28)26-31-13-2-14-32-26/h1-16H,(H,33,35)(H,34,36). The fourth-order valence-corrected chi connectivity index (χ4v) is 4.25. The first kappa shape index (κ1) is 20.2. The van der Waals surface area contributed by atoms with Crippen LogP contribution in [0.25, 0.3) is 67.6 Å². The zero-order chi connectivity index (χ0) is 23.9. The zero-order valence-electron chi connectivity index (χ0n) is 18.9. The van der Waals surface area contributed by atoms with Gasteiger partial charge in [0.15, 0.2) is 11.6 Å². The number of imidazole rings is 2. The molecule has 7 aromatic rings. The quantitative estimate of drug-likeness (QED) is 0.345. The van der Waals surface area contributed by atoms with E-state index in [2.05, 4.69) is 29.9 Å². The highest BCUT2D eigenvalue weighted by Crippen LogP contribution is 2.28. The average Bonchev–Trinajstić information content (AvgIpc) is 3.58. The van der Waals surface area contributed by atoms with Crippen molar-refractivity contribution >= 4 is 22.1 Å². The smallest absolute Gasteiger partial charge is 0.159 e. The molecular formula is C28H18N8. The third-order valence-electron chi connectivity index (χ3n) is 6.04. The minimum atomic E-state index is 0.689. The lowest BCUT2D eigenvalue weighted by atomic mass is 10.1. The monoisotopic (exact) mass is 466 g/mol. The van der Waals surface area contributed by atoms with Crippen molar-refractivity contribution in [3.63, 3.8) is 0 Å². The summed E-state index contributed by atoms with van der Waals surface area (Å²) in [6.45, 7) is 0. The number of fused-ring (bicyclic) bond motifs is 2. The van der Waals surface area contributed by atoms with Gasteiger partial charge in [0.25, 0.3) is 0 Å². The van der Waals surface area contributed by atoms with Crippen LogP contribution < -0.4 is 0 Å². The number of nitrogens with one attached hydrogen (secondary N) is 2. The molecule has 0 saturated heterocycles. The molecule has 0 aliphatic carbocycles. The molecule has 8 nitrogen and oxygen atoms in total. The van der Waals surface area contributed by atoms with Crippen molar-refractivity contribution in [2.75, 3.05) is 0 Å². The van der Waals surface area contributed by atoms with Gasteiger partial charge in [0.2, 0.25) is 0 Å². The molecule has 170 valence electrons. The van der Waals surface area contributed by atoms with Crippen molar-refractivity contribution in [2.24, 2.45) is 0 Å². The second kappa shape index (κ2) is 8.21. The van der Waals surface area contributed by atoms with Crippen molar-refractivity contribution in [3.8, 4) is 45.6 Å². The first-order valence-electron chi connectivity index (χ1n) is 11.5. The fraction of sp³-hybridized carbons (Fsp3) is 0. The number of H-pyrrole nitrogens is 2. The molecule has 0 spiro atoms. The van der Waals surface area contributed by atoms with Crippen LogP contribution in [0.1, 0.15) is 0 Å². The van der Waals surface area contributed by atoms with Gasteiger partial charge in [-0.25, -0.2) is 29.9 Å². The maximum absolute atomic E-state index is 4.76. The molecule has 0 bridgehead atoms. The summed E-state index contributed by atoms with van der Waals surface area (Å²) < 4.78 is 0. The Bertz CT molecular complexity index is 1680. The van der Waals surface area contributed by atoms with Crippen LogP contribution in [-0.2, 0) is 0 Å². The average molecular weight is 467 g/mol. The maximum atomic E-state index is 4.76. The van der Waals surface area contributed by atoms with E-state index in [1.54, 1.807) is 24.8 Å². The Labute approximate surface area is 205 Å². The van der Waals surface area contributed by atoms with E-state index in [9.17, 15) is 0 Å². The van der Waals surface area contributed by atoms with E-state index in [-0.39, 0.29) is 0 Å². The summed E-state index contributed by atoms with van der Waals surface area (Å²) in [6.07, 6.45) is 6.96. The second-order valence-electron chi connectivity index (χ2n) is 8.36. The summed E-state index contributed by atoms with van der Waals surface area (Å²) in [5, 5.41) is 0. The van der Waals surface area contributed by atoms with Crippen LogP contribution >= 0.6 is 0 Å². The lowest BCUT2D eigenvalue weighted by Gasteiger charge is -2.00. The molecule has 0 fully saturated rings. The Morgan fingerprint density at radius 3 is 1.25 bits per heavy atom. The molecule has 0 amide bonds. The number of hydrogen-bond acceptors (Lipinski definition) is 6. The summed E-state index contributed by atoms with van der Waals surface area (Å²) in [5.74, 6) is 2.99. The van der Waals surface area contributed by atoms with Gasteiger partial charge in [0.05, 0.1) is 22.1 Å². The lowest BCUT2D eigenvalue weighted by molar-refractivity contribution is 1.18. The van der Waals surface area contributed by atoms with Gasteiger partial charge in [-0.2, -0.15) is 0 Å². The molecule has 0 saturated carbocycles. The Hall–Kier alpha value is -5.24. The summed E-state index contributed by atoms with van der Waals surface area (Å²) in [4.78, 5) is 33.7. The molecule has 7 rings (SSSR count). The predicted octanol–water partition coefficient (Wildman–Crippen LogP) is 5.69. The molecule has 4 heterocycles. The third-order valence-corrected chi connectivity index (χ3v) is 6.04. The SMILES string of the molecule is c1cnc(-c2ccc3nc(-c4ccc(-c5nc6ccc(-c7ncccn7)cc6[nH]5)cc4)[nH]c3c2)nc1. The minimum absolute atomic E-state index is 0.689. The number of benzene rings is 3. The van der Waals surface area contributed by atoms with Gasteiger partial charge in [-0.15, -0.1) is 0 Å². The van der Waals surface area contributed by atoms with Crippen molar-refractivity contribution in [1.82, 2.24) is 39.9 Å². The van der Waals surface area contributed by atoms with Gasteiger partial charge in [0, 0.05) is 47.0 Å². The Kier molecular flexibility index (Phi) is 4.60. The summed E-state index contributed by atoms with van der Waals surface area (Å²) in [7, 11) is 0. The van der Waals surface area contributed by atoms with E-state index in [4.69, 9.17) is 9.97 Å². The zero-order valence-corrected chi connectivity index (χ0v) is 18.9. The number of hydrogen-bond donors (Lipinski definition) is 2. The van der Waals surface area contributed by atoms with Crippen LogP contribution in [0.3, 0.4) is 0 Å². The maximum Gasteiger partial charge on any atom is 0.159 e. The van der Waals surface area contributed by atoms with Gasteiger partial charge in [-0.3, -0.25) is 0 Å². The fourth-order valence-electron chi connectivity index (χ4n) is 4.25. The first-order chi connectivity index (χ1) is 17.8. The summed E-state index contributed by atoms with van der Waals surface area (Å²) >= 11 is 0. The number of aromatic amines is 2. The lowest BCUT2D eigenvalue weighted by Crippen LogP contribution is -1.86. The van der Waals surface area contributed by atoms with E-state index in [1.807, 2.05) is 72.8 Å².